The SMILES string of the molecule is COCc1cccc(C(=O)NCC(=O)N2CCCC2)c1. The zero-order valence-corrected chi connectivity index (χ0v) is 11.7. The maximum Gasteiger partial charge on any atom is 0.251 e. The van der Waals surface area contributed by atoms with Gasteiger partial charge in [-0.3, -0.25) is 9.59 Å². The minimum atomic E-state index is -0.226. The number of methoxy groups -OCH3 is 1. The second-order valence-corrected chi connectivity index (χ2v) is 4.90. The van der Waals surface area contributed by atoms with Crippen molar-refractivity contribution < 1.29 is 14.3 Å². The fourth-order valence-electron chi connectivity index (χ4n) is 2.31. The zero-order valence-electron chi connectivity index (χ0n) is 11.7. The Morgan fingerprint density at radius 1 is 1.30 bits per heavy atom. The van der Waals surface area contributed by atoms with Gasteiger partial charge in [-0.2, -0.15) is 0 Å². The third-order valence-electron chi connectivity index (χ3n) is 3.36. The number of nitrogens with zero attached hydrogens (tertiary/aromatic N) is 1. The van der Waals surface area contributed by atoms with Gasteiger partial charge in [0.15, 0.2) is 0 Å². The van der Waals surface area contributed by atoms with Gasteiger partial charge in [0.1, 0.15) is 0 Å². The van der Waals surface area contributed by atoms with E-state index in [-0.39, 0.29) is 18.4 Å². The number of likely N-dealkylation sites (tertiary alicyclic amines) is 1. The zero-order chi connectivity index (χ0) is 14.4. The van der Waals surface area contributed by atoms with Crippen LogP contribution in [0.3, 0.4) is 0 Å². The molecule has 0 saturated carbocycles. The van der Waals surface area contributed by atoms with E-state index in [1.165, 1.54) is 0 Å². The second kappa shape index (κ2) is 7.05. The lowest BCUT2D eigenvalue weighted by atomic mass is 10.1. The number of carbonyl (C=O) groups excluding carboxylic acids is 2. The van der Waals surface area contributed by atoms with Gasteiger partial charge in [0.25, 0.3) is 5.91 Å². The van der Waals surface area contributed by atoms with Gasteiger partial charge in [-0.15, -0.1) is 0 Å². The number of amides is 2. The van der Waals surface area contributed by atoms with Crippen LogP contribution in [-0.2, 0) is 16.1 Å². The first-order chi connectivity index (χ1) is 9.70. The number of carbonyl (C=O) groups is 2. The van der Waals surface area contributed by atoms with Gasteiger partial charge in [0.05, 0.1) is 13.2 Å². The van der Waals surface area contributed by atoms with E-state index in [9.17, 15) is 9.59 Å². The van der Waals surface area contributed by atoms with Crippen molar-refractivity contribution in [3.63, 3.8) is 0 Å². The van der Waals surface area contributed by atoms with Gasteiger partial charge in [0.2, 0.25) is 5.91 Å². The Kier molecular flexibility index (Phi) is 5.12. The molecule has 0 atom stereocenters. The van der Waals surface area contributed by atoms with Crippen LogP contribution in [0.4, 0.5) is 0 Å². The van der Waals surface area contributed by atoms with Crippen molar-refractivity contribution in [1.29, 1.82) is 0 Å². The lowest BCUT2D eigenvalue weighted by molar-refractivity contribution is -0.129. The van der Waals surface area contributed by atoms with Crippen LogP contribution in [0.1, 0.15) is 28.8 Å². The van der Waals surface area contributed by atoms with Crippen LogP contribution in [0.2, 0.25) is 0 Å². The van der Waals surface area contributed by atoms with Crippen molar-refractivity contribution in [3.8, 4) is 0 Å². The molecule has 1 heterocycles. The summed E-state index contributed by atoms with van der Waals surface area (Å²) < 4.78 is 5.04. The summed E-state index contributed by atoms with van der Waals surface area (Å²) in [7, 11) is 1.61. The van der Waals surface area contributed by atoms with E-state index in [1.54, 1.807) is 24.1 Å². The average Bonchev–Trinajstić information content (AvgIpc) is 2.99. The Morgan fingerprint density at radius 2 is 2.05 bits per heavy atom. The van der Waals surface area contributed by atoms with Gasteiger partial charge in [0, 0.05) is 25.8 Å². The third-order valence-corrected chi connectivity index (χ3v) is 3.36. The molecule has 5 heteroatoms. The van der Waals surface area contributed by atoms with Crippen molar-refractivity contribution in [2.45, 2.75) is 19.4 Å². The molecule has 0 unspecified atom stereocenters. The van der Waals surface area contributed by atoms with Gasteiger partial charge < -0.3 is 15.0 Å². The minimum Gasteiger partial charge on any atom is -0.380 e. The molecule has 1 N–H and O–H groups in total. The number of benzene rings is 1. The van der Waals surface area contributed by atoms with Crippen molar-refractivity contribution >= 4 is 11.8 Å². The molecule has 2 amide bonds. The van der Waals surface area contributed by atoms with Crippen LogP contribution in [0, 0.1) is 0 Å². The summed E-state index contributed by atoms with van der Waals surface area (Å²) in [6, 6.07) is 7.22. The van der Waals surface area contributed by atoms with Crippen molar-refractivity contribution in [2.75, 3.05) is 26.7 Å². The monoisotopic (exact) mass is 276 g/mol. The lowest BCUT2D eigenvalue weighted by Gasteiger charge is -2.15. The van der Waals surface area contributed by atoms with E-state index in [4.69, 9.17) is 4.74 Å². The minimum absolute atomic E-state index is 0.0103. The predicted molar refractivity (Wildman–Crippen MR) is 75.3 cm³/mol. The van der Waals surface area contributed by atoms with E-state index in [2.05, 4.69) is 5.32 Å². The van der Waals surface area contributed by atoms with Crippen LogP contribution in [0.25, 0.3) is 0 Å². The normalized spacial score (nSPS) is 14.3. The van der Waals surface area contributed by atoms with Crippen molar-refractivity contribution in [1.82, 2.24) is 10.2 Å². The Bertz CT molecular complexity index is 482. The molecule has 0 aromatic heterocycles. The molecular weight excluding hydrogens is 256 g/mol. The molecule has 1 saturated heterocycles. The molecule has 1 fully saturated rings. The van der Waals surface area contributed by atoms with Crippen LogP contribution in [-0.4, -0.2) is 43.5 Å². The van der Waals surface area contributed by atoms with Gasteiger partial charge in [-0.25, -0.2) is 0 Å². The second-order valence-electron chi connectivity index (χ2n) is 4.90. The summed E-state index contributed by atoms with van der Waals surface area (Å²) in [5.41, 5.74) is 1.49. The lowest BCUT2D eigenvalue weighted by Crippen LogP contribution is -2.38. The van der Waals surface area contributed by atoms with Crippen LogP contribution in [0.15, 0.2) is 24.3 Å². The highest BCUT2D eigenvalue weighted by Crippen LogP contribution is 2.08. The van der Waals surface area contributed by atoms with Crippen LogP contribution < -0.4 is 5.32 Å². The molecule has 0 aliphatic carbocycles. The molecule has 5 nitrogen and oxygen atoms in total. The quantitative estimate of drug-likeness (QED) is 0.878. The molecule has 108 valence electrons. The first kappa shape index (κ1) is 14.5. The van der Waals surface area contributed by atoms with E-state index < -0.39 is 0 Å². The highest BCUT2D eigenvalue weighted by Gasteiger charge is 2.18. The number of hydrogen-bond donors (Lipinski definition) is 1. The Balaban J connectivity index is 1.87. The fraction of sp³-hybridized carbons (Fsp3) is 0.467. The van der Waals surface area contributed by atoms with Crippen molar-refractivity contribution in [2.24, 2.45) is 0 Å². The fourth-order valence-corrected chi connectivity index (χ4v) is 2.31. The van der Waals surface area contributed by atoms with E-state index >= 15 is 0 Å². The summed E-state index contributed by atoms with van der Waals surface area (Å²) in [4.78, 5) is 25.6. The third kappa shape index (κ3) is 3.81. The largest absolute Gasteiger partial charge is 0.380 e. The summed E-state index contributed by atoms with van der Waals surface area (Å²) in [6.45, 7) is 2.14. The molecular formula is C15H20N2O3. The Morgan fingerprint density at radius 3 is 2.75 bits per heavy atom. The standard InChI is InChI=1S/C15H20N2O3/c1-20-11-12-5-4-6-13(9-12)15(19)16-10-14(18)17-7-2-3-8-17/h4-6,9H,2-3,7-8,10-11H2,1H3,(H,16,19). The van der Waals surface area contributed by atoms with Gasteiger partial charge in [-0.05, 0) is 30.5 Å². The topological polar surface area (TPSA) is 58.6 Å². The van der Waals surface area contributed by atoms with Gasteiger partial charge in [-0.1, -0.05) is 12.1 Å². The molecule has 0 bridgehead atoms. The van der Waals surface area contributed by atoms with Gasteiger partial charge >= 0.3 is 0 Å². The van der Waals surface area contributed by atoms with Crippen LogP contribution >= 0.6 is 0 Å². The first-order valence-corrected chi connectivity index (χ1v) is 6.84. The molecule has 0 spiro atoms. The average molecular weight is 276 g/mol. The van der Waals surface area contributed by atoms with Crippen molar-refractivity contribution in [3.05, 3.63) is 35.4 Å². The van der Waals surface area contributed by atoms with E-state index in [0.717, 1.165) is 31.5 Å². The highest BCUT2D eigenvalue weighted by atomic mass is 16.5. The Labute approximate surface area is 118 Å². The summed E-state index contributed by atoms with van der Waals surface area (Å²) in [5, 5.41) is 2.67. The maximum atomic E-state index is 12.0. The summed E-state index contributed by atoms with van der Waals surface area (Å²) >= 11 is 0. The number of hydrogen-bond acceptors (Lipinski definition) is 3. The number of nitrogens with one attached hydrogen (secondary N) is 1. The van der Waals surface area contributed by atoms with E-state index in [1.807, 2.05) is 12.1 Å². The Hall–Kier alpha value is -1.88. The van der Waals surface area contributed by atoms with Crippen LogP contribution in [0.5, 0.6) is 0 Å². The summed E-state index contributed by atoms with van der Waals surface area (Å²) in [6.07, 6.45) is 2.11. The molecule has 1 aromatic rings. The maximum absolute atomic E-state index is 12.0. The number of rotatable bonds is 5. The number of ether oxygens (including phenoxy) is 1. The molecule has 1 aromatic carbocycles. The molecule has 20 heavy (non-hydrogen) atoms. The highest BCUT2D eigenvalue weighted by molar-refractivity contribution is 5.96. The molecule has 1 aliphatic heterocycles. The smallest absolute Gasteiger partial charge is 0.251 e. The summed E-state index contributed by atoms with van der Waals surface area (Å²) in [5.74, 6) is -0.237. The molecule has 0 radical (unpaired) electrons. The van der Waals surface area contributed by atoms with E-state index in [0.29, 0.717) is 12.2 Å². The predicted octanol–water partition coefficient (Wildman–Crippen LogP) is 1.19. The first-order valence-electron chi connectivity index (χ1n) is 6.84. The molecule has 1 aliphatic rings. The molecule has 2 rings (SSSR count).